The van der Waals surface area contributed by atoms with Crippen LogP contribution in [0, 0.1) is 6.92 Å². The van der Waals surface area contributed by atoms with Crippen LogP contribution >= 0.6 is 24.0 Å². The van der Waals surface area contributed by atoms with Crippen LogP contribution in [0.4, 0.5) is 0 Å². The summed E-state index contributed by atoms with van der Waals surface area (Å²) in [7, 11) is 0. The van der Waals surface area contributed by atoms with Gasteiger partial charge in [-0.15, -0.1) is 0 Å². The summed E-state index contributed by atoms with van der Waals surface area (Å²) >= 11 is 7.02. The van der Waals surface area contributed by atoms with Gasteiger partial charge in [-0.2, -0.15) is 5.10 Å². The Labute approximate surface area is 228 Å². The molecule has 0 saturated carbocycles. The Bertz CT molecular complexity index is 1490. The highest BCUT2D eigenvalue weighted by atomic mass is 32.2. The molecule has 3 aromatic carbocycles. The number of carbonyl (C=O) groups excluding carboxylic acids is 1. The zero-order valence-corrected chi connectivity index (χ0v) is 23.0. The van der Waals surface area contributed by atoms with Crippen LogP contribution < -0.4 is 0 Å². The first-order chi connectivity index (χ1) is 17.8. The predicted molar refractivity (Wildman–Crippen MR) is 158 cm³/mol. The van der Waals surface area contributed by atoms with Crippen LogP contribution in [0.15, 0.2) is 90.0 Å². The number of hydrogen-bond donors (Lipinski definition) is 0. The maximum absolute atomic E-state index is 13.6. The number of benzene rings is 3. The third-order valence-corrected chi connectivity index (χ3v) is 8.06. The molecule has 0 unspecified atom stereocenters. The molecule has 0 aliphatic carbocycles. The van der Waals surface area contributed by atoms with Crippen LogP contribution in [0.2, 0.25) is 0 Å². The minimum absolute atomic E-state index is 0.0718. The minimum Gasteiger partial charge on any atom is -0.286 e. The summed E-state index contributed by atoms with van der Waals surface area (Å²) in [4.78, 5) is 15.9. The topological polar surface area (TPSA) is 38.1 Å². The van der Waals surface area contributed by atoms with Crippen LogP contribution in [0.1, 0.15) is 55.0 Å². The lowest BCUT2D eigenvalue weighted by Crippen LogP contribution is -2.30. The number of amides is 1. The molecule has 1 saturated heterocycles. The second-order valence-corrected chi connectivity index (χ2v) is 11.3. The van der Waals surface area contributed by atoms with Crippen LogP contribution in [0.3, 0.4) is 0 Å². The van der Waals surface area contributed by atoms with Gasteiger partial charge in [0.1, 0.15) is 10.0 Å². The highest BCUT2D eigenvalue weighted by Gasteiger charge is 2.36. The lowest BCUT2D eigenvalue weighted by Gasteiger charge is -2.23. The van der Waals surface area contributed by atoms with E-state index in [2.05, 4.69) is 39.0 Å². The highest BCUT2D eigenvalue weighted by molar-refractivity contribution is 8.26. The van der Waals surface area contributed by atoms with Gasteiger partial charge in [-0.3, -0.25) is 9.69 Å². The Balaban J connectivity index is 1.59. The highest BCUT2D eigenvalue weighted by Crippen LogP contribution is 2.39. The SMILES string of the molecule is Cc1ccc(C(C)C)cc1-c1nn(-c2ccccc2)cc1/C=C1\SC(=S)N([C@H](C)c2ccccc2)C1=O. The van der Waals surface area contributed by atoms with E-state index in [1.165, 1.54) is 17.3 Å². The van der Waals surface area contributed by atoms with Crippen molar-refractivity contribution in [2.45, 2.75) is 39.7 Å². The molecular formula is C31H29N3OS2. The van der Waals surface area contributed by atoms with Crippen molar-refractivity contribution in [3.63, 3.8) is 0 Å². The summed E-state index contributed by atoms with van der Waals surface area (Å²) in [6.07, 6.45) is 3.94. The molecule has 4 nitrogen and oxygen atoms in total. The number of aryl methyl sites for hydroxylation is 1. The molecule has 6 heteroatoms. The molecule has 0 N–H and O–H groups in total. The van der Waals surface area contributed by atoms with E-state index in [1.54, 1.807) is 4.90 Å². The van der Waals surface area contributed by atoms with Crippen molar-refractivity contribution in [3.05, 3.63) is 112 Å². The van der Waals surface area contributed by atoms with Gasteiger partial charge in [0, 0.05) is 17.3 Å². The zero-order valence-electron chi connectivity index (χ0n) is 21.4. The molecule has 5 rings (SSSR count). The third-order valence-electron chi connectivity index (χ3n) is 6.73. The number of thiocarbonyl (C=S) groups is 1. The molecule has 0 radical (unpaired) electrons. The number of thioether (sulfide) groups is 1. The largest absolute Gasteiger partial charge is 0.286 e. The monoisotopic (exact) mass is 523 g/mol. The Kier molecular flexibility index (Phi) is 7.13. The van der Waals surface area contributed by atoms with Crippen LogP contribution in [0.25, 0.3) is 23.0 Å². The fraction of sp³-hybridized carbons (Fsp3) is 0.194. The maximum atomic E-state index is 13.6. The van der Waals surface area contributed by atoms with Crippen molar-refractivity contribution in [1.29, 1.82) is 0 Å². The lowest BCUT2D eigenvalue weighted by atomic mass is 9.95. The number of para-hydroxylation sites is 1. The first-order valence-corrected chi connectivity index (χ1v) is 13.6. The Morgan fingerprint density at radius 2 is 1.59 bits per heavy atom. The molecule has 0 spiro atoms. The average Bonchev–Trinajstić information content (AvgIpc) is 3.45. The minimum atomic E-state index is -0.143. The van der Waals surface area contributed by atoms with E-state index >= 15 is 0 Å². The molecule has 1 aliphatic rings. The second kappa shape index (κ2) is 10.5. The quantitative estimate of drug-likeness (QED) is 0.190. The number of nitrogens with zero attached hydrogens (tertiary/aromatic N) is 3. The van der Waals surface area contributed by atoms with E-state index in [0.29, 0.717) is 15.1 Å². The fourth-order valence-corrected chi connectivity index (χ4v) is 5.91. The van der Waals surface area contributed by atoms with E-state index in [1.807, 2.05) is 84.5 Å². The summed E-state index contributed by atoms with van der Waals surface area (Å²) in [5.41, 5.74) is 7.22. The smallest absolute Gasteiger partial charge is 0.266 e. The van der Waals surface area contributed by atoms with Gasteiger partial charge in [-0.05, 0) is 60.7 Å². The van der Waals surface area contributed by atoms with Crippen molar-refractivity contribution in [3.8, 4) is 16.9 Å². The van der Waals surface area contributed by atoms with Crippen molar-refractivity contribution >= 4 is 40.3 Å². The van der Waals surface area contributed by atoms with Crippen LogP contribution in [-0.4, -0.2) is 24.9 Å². The van der Waals surface area contributed by atoms with Gasteiger partial charge in [0.25, 0.3) is 5.91 Å². The van der Waals surface area contributed by atoms with Gasteiger partial charge in [-0.1, -0.05) is 98.5 Å². The summed E-state index contributed by atoms with van der Waals surface area (Å²) < 4.78 is 2.46. The van der Waals surface area contributed by atoms with E-state index in [9.17, 15) is 4.79 Å². The second-order valence-electron chi connectivity index (χ2n) is 9.58. The molecule has 2 heterocycles. The Hall–Kier alpha value is -3.48. The van der Waals surface area contributed by atoms with E-state index in [-0.39, 0.29) is 11.9 Å². The van der Waals surface area contributed by atoms with Gasteiger partial charge >= 0.3 is 0 Å². The van der Waals surface area contributed by atoms with Crippen molar-refractivity contribution in [1.82, 2.24) is 14.7 Å². The number of carbonyl (C=O) groups is 1. The molecule has 1 aromatic heterocycles. The van der Waals surface area contributed by atoms with Gasteiger partial charge in [0.15, 0.2) is 0 Å². The normalized spacial score (nSPS) is 15.7. The molecule has 1 fully saturated rings. The maximum Gasteiger partial charge on any atom is 0.266 e. The molecule has 0 bridgehead atoms. The van der Waals surface area contributed by atoms with Gasteiger partial charge < -0.3 is 0 Å². The van der Waals surface area contributed by atoms with E-state index in [0.717, 1.165) is 33.6 Å². The zero-order chi connectivity index (χ0) is 26.1. The van der Waals surface area contributed by atoms with Crippen LogP contribution in [-0.2, 0) is 4.79 Å². The summed E-state index contributed by atoms with van der Waals surface area (Å²) in [5, 5.41) is 5.00. The molecular weight excluding hydrogens is 494 g/mol. The molecule has 1 aliphatic heterocycles. The number of hydrogen-bond acceptors (Lipinski definition) is 4. The molecule has 4 aromatic rings. The standard InChI is InChI=1S/C31H29N3OS2/c1-20(2)24-16-15-21(3)27(17-24)29-25(19-33(32-29)26-13-9-6-10-14-26)18-28-30(35)34(31(36)37-28)22(4)23-11-7-5-8-12-23/h5-20,22H,1-4H3/b28-18-/t22-/m1/s1. The molecule has 186 valence electrons. The third kappa shape index (κ3) is 5.04. The van der Waals surface area contributed by atoms with E-state index < -0.39 is 0 Å². The lowest BCUT2D eigenvalue weighted by molar-refractivity contribution is -0.123. The van der Waals surface area contributed by atoms with Gasteiger partial charge in [-0.25, -0.2) is 4.68 Å². The van der Waals surface area contributed by atoms with E-state index in [4.69, 9.17) is 17.3 Å². The van der Waals surface area contributed by atoms with Gasteiger partial charge in [0.2, 0.25) is 0 Å². The van der Waals surface area contributed by atoms with Crippen molar-refractivity contribution in [2.75, 3.05) is 0 Å². The fourth-order valence-electron chi connectivity index (χ4n) is 4.50. The number of aromatic nitrogens is 2. The average molecular weight is 524 g/mol. The first kappa shape index (κ1) is 25.2. The predicted octanol–water partition coefficient (Wildman–Crippen LogP) is 7.93. The van der Waals surface area contributed by atoms with Crippen LogP contribution in [0.5, 0.6) is 0 Å². The molecule has 37 heavy (non-hydrogen) atoms. The molecule has 1 atom stereocenters. The first-order valence-electron chi connectivity index (χ1n) is 12.4. The summed E-state index contributed by atoms with van der Waals surface area (Å²) in [6, 6.07) is 26.4. The van der Waals surface area contributed by atoms with Gasteiger partial charge in [0.05, 0.1) is 16.6 Å². The Morgan fingerprint density at radius 3 is 2.27 bits per heavy atom. The summed E-state index contributed by atoms with van der Waals surface area (Å²) in [5.74, 6) is 0.326. The van der Waals surface area contributed by atoms with Crippen molar-refractivity contribution in [2.24, 2.45) is 0 Å². The molecule has 1 amide bonds. The summed E-state index contributed by atoms with van der Waals surface area (Å²) in [6.45, 7) is 8.50. The van der Waals surface area contributed by atoms with Crippen molar-refractivity contribution < 1.29 is 4.79 Å². The Morgan fingerprint density at radius 1 is 0.919 bits per heavy atom. The number of rotatable bonds is 6.